The van der Waals surface area contributed by atoms with Crippen LogP contribution in [0.5, 0.6) is 5.75 Å². The minimum Gasteiger partial charge on any atom is -0.494 e. The van der Waals surface area contributed by atoms with Crippen molar-refractivity contribution in [2.24, 2.45) is 0 Å². The van der Waals surface area contributed by atoms with E-state index in [0.717, 1.165) is 35.9 Å². The van der Waals surface area contributed by atoms with E-state index < -0.39 is 0 Å². The Balaban J connectivity index is 2.07. The molecule has 0 saturated heterocycles. The second-order valence-corrected chi connectivity index (χ2v) is 4.84. The van der Waals surface area contributed by atoms with Crippen molar-refractivity contribution in [3.8, 4) is 17.0 Å². The van der Waals surface area contributed by atoms with Gasteiger partial charge in [0.05, 0.1) is 12.3 Å². The van der Waals surface area contributed by atoms with Crippen LogP contribution >= 0.6 is 0 Å². The number of hydrogen-bond acceptors (Lipinski definition) is 3. The maximum absolute atomic E-state index is 5.57. The first-order valence-corrected chi connectivity index (χ1v) is 6.74. The molecule has 0 fully saturated rings. The standard InChI is InChI=1S/C15H21N3O/c1-4-9-19-13-7-5-12(6-8-13)14-10-15(18-17-14)16-11(2)3/h5-8,10-11H,4,9H2,1-3H3,(H2,16,17,18). The molecule has 4 nitrogen and oxygen atoms in total. The highest BCUT2D eigenvalue weighted by atomic mass is 16.5. The zero-order valence-electron chi connectivity index (χ0n) is 11.7. The van der Waals surface area contributed by atoms with E-state index in [0.29, 0.717) is 6.04 Å². The molecule has 0 aliphatic rings. The molecule has 0 atom stereocenters. The number of anilines is 1. The molecule has 4 heteroatoms. The molecule has 1 aromatic heterocycles. The van der Waals surface area contributed by atoms with E-state index in [4.69, 9.17) is 4.74 Å². The van der Waals surface area contributed by atoms with Crippen LogP contribution in [0.1, 0.15) is 27.2 Å². The molecule has 19 heavy (non-hydrogen) atoms. The summed E-state index contributed by atoms with van der Waals surface area (Å²) in [7, 11) is 0. The monoisotopic (exact) mass is 259 g/mol. The number of H-pyrrole nitrogens is 1. The normalized spacial score (nSPS) is 10.7. The molecule has 0 aliphatic carbocycles. The Morgan fingerprint density at radius 1 is 1.26 bits per heavy atom. The van der Waals surface area contributed by atoms with E-state index in [9.17, 15) is 0 Å². The number of aromatic nitrogens is 2. The summed E-state index contributed by atoms with van der Waals surface area (Å²) in [5.41, 5.74) is 2.11. The summed E-state index contributed by atoms with van der Waals surface area (Å²) in [5.74, 6) is 1.78. The molecule has 1 heterocycles. The largest absolute Gasteiger partial charge is 0.494 e. The van der Waals surface area contributed by atoms with Gasteiger partial charge in [0.1, 0.15) is 11.6 Å². The third-order valence-corrected chi connectivity index (χ3v) is 2.65. The van der Waals surface area contributed by atoms with E-state index in [2.05, 4.69) is 36.3 Å². The van der Waals surface area contributed by atoms with Gasteiger partial charge in [-0.05, 0) is 50.1 Å². The highest BCUT2D eigenvalue weighted by Crippen LogP contribution is 2.22. The maximum Gasteiger partial charge on any atom is 0.148 e. The molecule has 0 spiro atoms. The average Bonchev–Trinajstić information content (AvgIpc) is 2.84. The van der Waals surface area contributed by atoms with Crippen LogP contribution in [0.15, 0.2) is 30.3 Å². The van der Waals surface area contributed by atoms with Gasteiger partial charge in [0, 0.05) is 12.1 Å². The van der Waals surface area contributed by atoms with Gasteiger partial charge in [0.25, 0.3) is 0 Å². The summed E-state index contributed by atoms with van der Waals surface area (Å²) in [6.07, 6.45) is 1.02. The summed E-state index contributed by atoms with van der Waals surface area (Å²) in [6, 6.07) is 10.4. The van der Waals surface area contributed by atoms with Crippen molar-refractivity contribution in [1.82, 2.24) is 10.2 Å². The summed E-state index contributed by atoms with van der Waals surface area (Å²) in [4.78, 5) is 0. The zero-order valence-corrected chi connectivity index (χ0v) is 11.7. The van der Waals surface area contributed by atoms with Crippen molar-refractivity contribution in [2.45, 2.75) is 33.2 Å². The number of benzene rings is 1. The van der Waals surface area contributed by atoms with Crippen LogP contribution in [-0.2, 0) is 0 Å². The minimum atomic E-state index is 0.376. The van der Waals surface area contributed by atoms with Gasteiger partial charge in [0.15, 0.2) is 0 Å². The Kier molecular flexibility index (Phi) is 4.44. The quantitative estimate of drug-likeness (QED) is 0.832. The van der Waals surface area contributed by atoms with Crippen molar-refractivity contribution < 1.29 is 4.74 Å². The fraction of sp³-hybridized carbons (Fsp3) is 0.400. The minimum absolute atomic E-state index is 0.376. The Labute approximate surface area is 114 Å². The first-order chi connectivity index (χ1) is 9.19. The van der Waals surface area contributed by atoms with Crippen molar-refractivity contribution in [3.05, 3.63) is 30.3 Å². The van der Waals surface area contributed by atoms with Crippen LogP contribution in [-0.4, -0.2) is 22.8 Å². The summed E-state index contributed by atoms with van der Waals surface area (Å²) in [5, 5.41) is 10.5. The third kappa shape index (κ3) is 3.74. The van der Waals surface area contributed by atoms with Gasteiger partial charge in [-0.1, -0.05) is 6.92 Å². The molecular formula is C15H21N3O. The van der Waals surface area contributed by atoms with Crippen LogP contribution < -0.4 is 10.1 Å². The smallest absolute Gasteiger partial charge is 0.148 e. The van der Waals surface area contributed by atoms with E-state index >= 15 is 0 Å². The Bertz CT molecular complexity index is 502. The van der Waals surface area contributed by atoms with Crippen LogP contribution in [0.4, 0.5) is 5.82 Å². The maximum atomic E-state index is 5.57. The second-order valence-electron chi connectivity index (χ2n) is 4.84. The Morgan fingerprint density at radius 3 is 2.63 bits per heavy atom. The van der Waals surface area contributed by atoms with Gasteiger partial charge in [0.2, 0.25) is 0 Å². The van der Waals surface area contributed by atoms with E-state index in [1.807, 2.05) is 30.3 Å². The molecule has 0 bridgehead atoms. The highest BCUT2D eigenvalue weighted by molar-refractivity contribution is 5.63. The van der Waals surface area contributed by atoms with Gasteiger partial charge < -0.3 is 10.1 Å². The van der Waals surface area contributed by atoms with Crippen LogP contribution in [0, 0.1) is 0 Å². The van der Waals surface area contributed by atoms with Gasteiger partial charge in [-0.3, -0.25) is 5.10 Å². The molecule has 0 aliphatic heterocycles. The molecule has 1 aromatic carbocycles. The average molecular weight is 259 g/mol. The predicted molar refractivity (Wildman–Crippen MR) is 78.6 cm³/mol. The summed E-state index contributed by atoms with van der Waals surface area (Å²) < 4.78 is 5.57. The number of rotatable bonds is 6. The van der Waals surface area contributed by atoms with Crippen molar-refractivity contribution in [3.63, 3.8) is 0 Å². The number of ether oxygens (including phenoxy) is 1. The molecule has 2 N–H and O–H groups in total. The lowest BCUT2D eigenvalue weighted by molar-refractivity contribution is 0.317. The van der Waals surface area contributed by atoms with Crippen molar-refractivity contribution >= 4 is 5.82 Å². The fourth-order valence-electron chi connectivity index (χ4n) is 1.79. The zero-order chi connectivity index (χ0) is 13.7. The SMILES string of the molecule is CCCOc1ccc(-c2cc(NC(C)C)n[nH]2)cc1. The summed E-state index contributed by atoms with van der Waals surface area (Å²) in [6.45, 7) is 7.04. The van der Waals surface area contributed by atoms with Gasteiger partial charge >= 0.3 is 0 Å². The predicted octanol–water partition coefficient (Wildman–Crippen LogP) is 3.69. The number of hydrogen-bond donors (Lipinski definition) is 2. The Hall–Kier alpha value is -1.97. The van der Waals surface area contributed by atoms with Crippen molar-refractivity contribution in [1.29, 1.82) is 0 Å². The molecule has 0 radical (unpaired) electrons. The first-order valence-electron chi connectivity index (χ1n) is 6.74. The fourth-order valence-corrected chi connectivity index (χ4v) is 1.79. The molecular weight excluding hydrogens is 238 g/mol. The first kappa shape index (κ1) is 13.5. The third-order valence-electron chi connectivity index (χ3n) is 2.65. The molecule has 2 rings (SSSR count). The number of nitrogens with zero attached hydrogens (tertiary/aromatic N) is 1. The Morgan fingerprint density at radius 2 is 2.00 bits per heavy atom. The number of nitrogens with one attached hydrogen (secondary N) is 2. The molecule has 0 unspecified atom stereocenters. The molecule has 2 aromatic rings. The highest BCUT2D eigenvalue weighted by Gasteiger charge is 2.04. The molecule has 0 saturated carbocycles. The topological polar surface area (TPSA) is 49.9 Å². The molecule has 102 valence electrons. The molecule has 0 amide bonds. The van der Waals surface area contributed by atoms with E-state index in [-0.39, 0.29) is 0 Å². The second kappa shape index (κ2) is 6.27. The van der Waals surface area contributed by atoms with Crippen LogP contribution in [0.3, 0.4) is 0 Å². The van der Waals surface area contributed by atoms with Crippen LogP contribution in [0.2, 0.25) is 0 Å². The van der Waals surface area contributed by atoms with Gasteiger partial charge in [-0.15, -0.1) is 0 Å². The van der Waals surface area contributed by atoms with Gasteiger partial charge in [-0.2, -0.15) is 5.10 Å². The van der Waals surface area contributed by atoms with Crippen LogP contribution in [0.25, 0.3) is 11.3 Å². The lowest BCUT2D eigenvalue weighted by Gasteiger charge is -2.05. The number of aromatic amines is 1. The lowest BCUT2D eigenvalue weighted by atomic mass is 10.1. The summed E-state index contributed by atoms with van der Waals surface area (Å²) >= 11 is 0. The van der Waals surface area contributed by atoms with E-state index in [1.165, 1.54) is 0 Å². The lowest BCUT2D eigenvalue weighted by Crippen LogP contribution is -2.09. The van der Waals surface area contributed by atoms with Crippen molar-refractivity contribution in [2.75, 3.05) is 11.9 Å². The van der Waals surface area contributed by atoms with E-state index in [1.54, 1.807) is 0 Å². The van der Waals surface area contributed by atoms with Gasteiger partial charge in [-0.25, -0.2) is 0 Å².